The molecule has 4 heteroatoms. The van der Waals surface area contributed by atoms with Gasteiger partial charge < -0.3 is 18.9 Å². The number of hydrogen-bond acceptors (Lipinski definition) is 2. The Morgan fingerprint density at radius 3 is 1.00 bits per heavy atom. The van der Waals surface area contributed by atoms with E-state index in [1.807, 2.05) is 0 Å². The van der Waals surface area contributed by atoms with Crippen LogP contribution in [0.15, 0.2) is 267 Å². The van der Waals surface area contributed by atoms with E-state index < -0.39 is 0 Å². The second kappa shape index (κ2) is 16.0. The summed E-state index contributed by atoms with van der Waals surface area (Å²) in [5, 5.41) is 9.78. The van der Waals surface area contributed by atoms with Crippen molar-refractivity contribution < 1.29 is 0 Å². The number of nitrogens with zero attached hydrogens (tertiary/aromatic N) is 4. The van der Waals surface area contributed by atoms with Crippen LogP contribution >= 0.6 is 0 Å². The van der Waals surface area contributed by atoms with Crippen LogP contribution in [0.25, 0.3) is 98.8 Å². The van der Waals surface area contributed by atoms with Crippen molar-refractivity contribution in [2.75, 3.05) is 9.80 Å². The first-order chi connectivity index (χ1) is 35.7. The van der Waals surface area contributed by atoms with Gasteiger partial charge in [0.1, 0.15) is 0 Å². The maximum absolute atomic E-state index is 2.43. The van der Waals surface area contributed by atoms with E-state index in [0.29, 0.717) is 0 Å². The normalized spacial score (nSPS) is 11.9. The molecule has 0 fully saturated rings. The van der Waals surface area contributed by atoms with E-state index in [-0.39, 0.29) is 0 Å². The summed E-state index contributed by atoms with van der Waals surface area (Å²) in [4.78, 5) is 4.87. The molecule has 15 rings (SSSR count). The highest BCUT2D eigenvalue weighted by Crippen LogP contribution is 2.52. The number of fused-ring (bicyclic) bond motifs is 12. The summed E-state index contributed by atoms with van der Waals surface area (Å²) in [6.07, 6.45) is 0. The van der Waals surface area contributed by atoms with E-state index in [9.17, 15) is 0 Å². The number of benzene rings is 12. The summed E-state index contributed by atoms with van der Waals surface area (Å²) in [6.45, 7) is 0. The Kier molecular flexibility index (Phi) is 8.92. The molecule has 2 heterocycles. The predicted molar refractivity (Wildman–Crippen MR) is 304 cm³/mol. The largest absolute Gasteiger partial charge is 0.310 e. The Hall–Kier alpha value is -9.64. The van der Waals surface area contributed by atoms with Crippen LogP contribution in [0.2, 0.25) is 0 Å². The Balaban J connectivity index is 0.843. The fraction of sp³-hybridized carbons (Fsp3) is 0. The highest BCUT2D eigenvalue weighted by Gasteiger charge is 2.27. The van der Waals surface area contributed by atoms with Crippen molar-refractivity contribution >= 4 is 99.3 Å². The van der Waals surface area contributed by atoms with E-state index in [1.54, 1.807) is 0 Å². The van der Waals surface area contributed by atoms with Crippen molar-refractivity contribution in [3.63, 3.8) is 0 Å². The zero-order valence-corrected chi connectivity index (χ0v) is 39.2. The molecule has 0 saturated heterocycles. The lowest BCUT2D eigenvalue weighted by molar-refractivity contribution is 1.18. The monoisotopic (exact) mass is 916 g/mol. The fourth-order valence-electron chi connectivity index (χ4n) is 11.8. The maximum atomic E-state index is 2.43. The lowest BCUT2D eigenvalue weighted by atomic mass is 9.78. The van der Waals surface area contributed by atoms with Gasteiger partial charge in [0, 0.05) is 55.7 Å². The zero-order valence-electron chi connectivity index (χ0n) is 39.2. The molecular formula is C68H44N4. The van der Waals surface area contributed by atoms with Gasteiger partial charge in [-0.15, -0.1) is 0 Å². The van der Waals surface area contributed by atoms with Gasteiger partial charge in [0.2, 0.25) is 0 Å². The van der Waals surface area contributed by atoms with Crippen molar-refractivity contribution in [3.05, 3.63) is 267 Å². The Morgan fingerprint density at radius 1 is 0.236 bits per heavy atom. The van der Waals surface area contributed by atoms with Crippen LogP contribution in [-0.2, 0) is 0 Å². The summed E-state index contributed by atoms with van der Waals surface area (Å²) in [7, 11) is 0. The molecule has 4 nitrogen and oxygen atoms in total. The fourth-order valence-corrected chi connectivity index (χ4v) is 11.8. The first-order valence-corrected chi connectivity index (χ1v) is 24.8. The molecule has 0 radical (unpaired) electrons. The van der Waals surface area contributed by atoms with Crippen molar-refractivity contribution in [1.82, 2.24) is 9.13 Å². The van der Waals surface area contributed by atoms with E-state index in [2.05, 4.69) is 286 Å². The molecule has 1 aliphatic rings. The smallest absolute Gasteiger partial charge is 0.0562 e. The van der Waals surface area contributed by atoms with Crippen LogP contribution in [0.4, 0.5) is 34.1 Å². The van der Waals surface area contributed by atoms with Crippen molar-refractivity contribution in [3.8, 4) is 33.6 Å². The average molecular weight is 917 g/mol. The molecule has 0 unspecified atom stereocenters. The van der Waals surface area contributed by atoms with Crippen LogP contribution in [0, 0.1) is 0 Å². The van der Waals surface area contributed by atoms with Crippen LogP contribution < -0.4 is 9.80 Å². The quantitative estimate of drug-likeness (QED) is 0.151. The van der Waals surface area contributed by atoms with E-state index in [4.69, 9.17) is 0 Å². The molecule has 0 amide bonds. The van der Waals surface area contributed by atoms with Gasteiger partial charge >= 0.3 is 0 Å². The summed E-state index contributed by atoms with van der Waals surface area (Å²) < 4.78 is 4.79. The number of hydrogen-bond donors (Lipinski definition) is 0. The van der Waals surface area contributed by atoms with Crippen molar-refractivity contribution in [2.24, 2.45) is 0 Å². The topological polar surface area (TPSA) is 16.3 Å². The highest BCUT2D eigenvalue weighted by molar-refractivity contribution is 6.19. The average Bonchev–Trinajstić information content (AvgIpc) is 3.97. The summed E-state index contributed by atoms with van der Waals surface area (Å²) in [5.41, 5.74) is 19.0. The second-order valence-electron chi connectivity index (χ2n) is 18.9. The first-order valence-electron chi connectivity index (χ1n) is 24.8. The van der Waals surface area contributed by atoms with Gasteiger partial charge in [0.05, 0.1) is 33.4 Å². The van der Waals surface area contributed by atoms with Crippen molar-refractivity contribution in [2.45, 2.75) is 0 Å². The molecule has 2 aromatic heterocycles. The van der Waals surface area contributed by atoms with Crippen LogP contribution in [0.1, 0.15) is 0 Å². The molecule has 336 valence electrons. The Morgan fingerprint density at radius 2 is 0.583 bits per heavy atom. The number of aromatic nitrogens is 2. The van der Waals surface area contributed by atoms with Gasteiger partial charge in [0.15, 0.2) is 0 Å². The third-order valence-corrected chi connectivity index (χ3v) is 14.9. The molecule has 72 heavy (non-hydrogen) atoms. The predicted octanol–water partition coefficient (Wildman–Crippen LogP) is 18.8. The van der Waals surface area contributed by atoms with Crippen LogP contribution in [0.3, 0.4) is 0 Å². The van der Waals surface area contributed by atoms with Gasteiger partial charge in [-0.25, -0.2) is 0 Å². The summed E-state index contributed by atoms with van der Waals surface area (Å²) in [6, 6.07) is 97.6. The van der Waals surface area contributed by atoms with Gasteiger partial charge in [-0.1, -0.05) is 133 Å². The van der Waals surface area contributed by atoms with E-state index in [0.717, 1.165) is 45.5 Å². The third kappa shape index (κ3) is 6.12. The number of para-hydroxylation sites is 6. The molecule has 14 aromatic rings. The molecule has 12 aromatic carbocycles. The maximum Gasteiger partial charge on any atom is 0.0562 e. The molecule has 1 aliphatic carbocycles. The van der Waals surface area contributed by atoms with E-state index in [1.165, 1.54) is 87.4 Å². The van der Waals surface area contributed by atoms with Gasteiger partial charge in [-0.3, -0.25) is 0 Å². The standard InChI is InChI=1S/C68H44N4/c1-5-19-49(20-6-1)69(63-31-17-33-65-67(63)55-27-13-15-29-61(55)71(65)51-23-9-3-10-24-51)53-37-35-45-41-57-59(43-47(45)39-53)58-42-46-36-38-54(40-48(46)44-60(57)58)70(50-21-7-2-8-22-50)64-32-18-34-66-68(64)56-28-14-16-30-62(56)72(66)52-25-11-4-12-26-52/h1-44H. The Bertz CT molecular complexity index is 4140. The van der Waals surface area contributed by atoms with Crippen LogP contribution in [-0.4, -0.2) is 9.13 Å². The van der Waals surface area contributed by atoms with Crippen LogP contribution in [0.5, 0.6) is 0 Å². The highest BCUT2D eigenvalue weighted by atomic mass is 15.2. The lowest BCUT2D eigenvalue weighted by Crippen LogP contribution is -2.10. The van der Waals surface area contributed by atoms with Gasteiger partial charge in [0.25, 0.3) is 0 Å². The minimum absolute atomic E-state index is 1.11. The third-order valence-electron chi connectivity index (χ3n) is 14.9. The summed E-state index contributed by atoms with van der Waals surface area (Å²) >= 11 is 0. The molecule has 0 saturated carbocycles. The summed E-state index contributed by atoms with van der Waals surface area (Å²) in [5.74, 6) is 0. The van der Waals surface area contributed by atoms with Gasteiger partial charge in [-0.2, -0.15) is 0 Å². The number of rotatable bonds is 8. The van der Waals surface area contributed by atoms with Crippen molar-refractivity contribution in [1.29, 1.82) is 0 Å². The lowest BCUT2D eigenvalue weighted by Gasteiger charge is -2.29. The first kappa shape index (κ1) is 40.3. The molecule has 0 spiro atoms. The second-order valence-corrected chi connectivity index (χ2v) is 18.9. The van der Waals surface area contributed by atoms with Gasteiger partial charge in [-0.05, 0) is 177 Å². The molecule has 0 bridgehead atoms. The molecule has 0 N–H and O–H groups in total. The molecule has 0 aliphatic heterocycles. The molecule has 0 atom stereocenters. The minimum Gasteiger partial charge on any atom is -0.310 e. The molecular weight excluding hydrogens is 873 g/mol. The number of anilines is 6. The Labute approximate surface area is 416 Å². The zero-order chi connectivity index (χ0) is 47.3. The minimum atomic E-state index is 1.11. The SMILES string of the molecule is c1ccc(N(c2ccc3cc4c(cc3c2)-c2cc3ccc(N(c5ccccc5)c5cccc6c5c5ccccc5n6-c5ccccc5)cc3cc2-4)c2cccc3c2c2ccccc2n3-c2ccccc2)cc1. The van der Waals surface area contributed by atoms with E-state index >= 15 is 0 Å².